The van der Waals surface area contributed by atoms with E-state index in [0.29, 0.717) is 40.9 Å². The molecular weight excluding hydrogens is 491 g/mol. The van der Waals surface area contributed by atoms with Gasteiger partial charge in [0.15, 0.2) is 5.78 Å². The van der Waals surface area contributed by atoms with Gasteiger partial charge in [0, 0.05) is 11.9 Å². The van der Waals surface area contributed by atoms with Crippen LogP contribution in [0.25, 0.3) is 11.1 Å². The van der Waals surface area contributed by atoms with Gasteiger partial charge in [0.2, 0.25) is 0 Å². The highest BCUT2D eigenvalue weighted by molar-refractivity contribution is 5.98. The molecule has 206 valence electrons. The first-order valence-electron chi connectivity index (χ1n) is 13.1. The number of aliphatic imine (C=N–C) groups is 1. The molecule has 0 aliphatic carbocycles. The Hall–Kier alpha value is -3.35. The summed E-state index contributed by atoms with van der Waals surface area (Å²) in [7, 11) is 0. The Balaban J connectivity index is 2.08. The molecule has 0 aliphatic heterocycles. The quantitative estimate of drug-likeness (QED) is 0.181. The average Bonchev–Trinajstić information content (AvgIpc) is 2.88. The number of hydrogen-bond donors (Lipinski definition) is 0. The van der Waals surface area contributed by atoms with Crippen molar-refractivity contribution in [2.45, 2.75) is 66.7 Å². The summed E-state index contributed by atoms with van der Waals surface area (Å²) in [5.74, 6) is 0.860. The van der Waals surface area contributed by atoms with Crippen LogP contribution >= 0.6 is 0 Å². The van der Waals surface area contributed by atoms with Gasteiger partial charge < -0.3 is 9.47 Å². The number of alkyl halides is 3. The fourth-order valence-corrected chi connectivity index (χ4v) is 3.88. The van der Waals surface area contributed by atoms with Gasteiger partial charge >= 0.3 is 6.36 Å². The highest BCUT2D eigenvalue weighted by Crippen LogP contribution is 2.30. The fourth-order valence-electron chi connectivity index (χ4n) is 3.88. The van der Waals surface area contributed by atoms with Crippen molar-refractivity contribution in [3.05, 3.63) is 72.0 Å². The maximum atomic E-state index is 12.4. The maximum absolute atomic E-state index is 12.4. The third kappa shape index (κ3) is 10.2. The molecule has 0 spiro atoms. The monoisotopic (exact) mass is 529 g/mol. The van der Waals surface area contributed by atoms with Crippen molar-refractivity contribution in [3.8, 4) is 22.6 Å². The molecule has 0 saturated carbocycles. The molecule has 0 N–H and O–H groups in total. The number of carbonyl (C=O) groups excluding carboxylic acids is 1. The molecule has 0 bridgehead atoms. The Morgan fingerprint density at radius 1 is 1.05 bits per heavy atom. The van der Waals surface area contributed by atoms with Crippen molar-refractivity contribution in [1.29, 1.82) is 0 Å². The SMILES string of the molecule is C\C=C/C=N/C(=C/CC(CC)CCOc1ccc(-c2ccc(OC(F)(F)F)cc2)cc1C(C)=O)C(C)CC. The molecule has 0 saturated heterocycles. The molecule has 2 rings (SSSR count). The Morgan fingerprint density at radius 3 is 2.32 bits per heavy atom. The fraction of sp³-hybridized carbons (Fsp3) is 0.419. The van der Waals surface area contributed by atoms with Gasteiger partial charge in [0.25, 0.3) is 0 Å². The minimum atomic E-state index is -4.74. The zero-order valence-electron chi connectivity index (χ0n) is 22.8. The van der Waals surface area contributed by atoms with E-state index in [1.165, 1.54) is 31.2 Å². The lowest BCUT2D eigenvalue weighted by atomic mass is 9.96. The van der Waals surface area contributed by atoms with Crippen molar-refractivity contribution in [3.63, 3.8) is 0 Å². The van der Waals surface area contributed by atoms with E-state index in [-0.39, 0.29) is 11.5 Å². The van der Waals surface area contributed by atoms with Crippen molar-refractivity contribution in [2.24, 2.45) is 16.8 Å². The standard InChI is InChI=1S/C31H38F3NO3/c1-6-9-19-35-29(22(4)7-2)16-10-24(8-3)18-20-37-30-17-13-26(21-28(30)23(5)36)25-11-14-27(15-12-25)38-31(32,33)34/h6,9,11-17,19,21-22,24H,7-8,10,18,20H2,1-5H3/b9-6-,29-16+,35-19+. The first kappa shape index (κ1) is 30.9. The Bertz CT molecular complexity index is 1120. The van der Waals surface area contributed by atoms with Crippen LogP contribution in [0.15, 0.2) is 71.4 Å². The van der Waals surface area contributed by atoms with Crippen LogP contribution in [-0.4, -0.2) is 25.0 Å². The van der Waals surface area contributed by atoms with Gasteiger partial charge in [-0.05, 0) is 86.4 Å². The van der Waals surface area contributed by atoms with Gasteiger partial charge in [0.1, 0.15) is 11.5 Å². The molecule has 4 nitrogen and oxygen atoms in total. The highest BCUT2D eigenvalue weighted by Gasteiger charge is 2.31. The van der Waals surface area contributed by atoms with Crippen LogP contribution in [0.3, 0.4) is 0 Å². The van der Waals surface area contributed by atoms with E-state index in [1.807, 2.05) is 25.3 Å². The maximum Gasteiger partial charge on any atom is 0.573 e. The molecule has 0 radical (unpaired) electrons. The Labute approximate surface area is 224 Å². The molecule has 7 heteroatoms. The van der Waals surface area contributed by atoms with Crippen LogP contribution in [0, 0.1) is 11.8 Å². The number of Topliss-reactive ketones (excluding diaryl/α,β-unsaturated/α-hetero) is 1. The minimum absolute atomic E-state index is 0.147. The molecule has 0 fully saturated rings. The second-order valence-corrected chi connectivity index (χ2v) is 9.23. The number of ether oxygens (including phenoxy) is 2. The Morgan fingerprint density at radius 2 is 1.74 bits per heavy atom. The van der Waals surface area contributed by atoms with Crippen LogP contribution in [0.5, 0.6) is 11.5 Å². The lowest BCUT2D eigenvalue weighted by Crippen LogP contribution is -2.16. The predicted octanol–water partition coefficient (Wildman–Crippen LogP) is 9.22. The summed E-state index contributed by atoms with van der Waals surface area (Å²) in [6.07, 6.45) is 6.95. The molecule has 38 heavy (non-hydrogen) atoms. The van der Waals surface area contributed by atoms with E-state index >= 15 is 0 Å². The van der Waals surface area contributed by atoms with Crippen LogP contribution in [-0.2, 0) is 0 Å². The smallest absolute Gasteiger partial charge is 0.493 e. The molecule has 0 aromatic heterocycles. The molecule has 2 aromatic rings. The van der Waals surface area contributed by atoms with Gasteiger partial charge in [-0.1, -0.05) is 57.5 Å². The number of allylic oxidation sites excluding steroid dienone is 4. The molecule has 2 atom stereocenters. The Kier molecular flexibility index (Phi) is 12.3. The van der Waals surface area contributed by atoms with Crippen LogP contribution in [0.2, 0.25) is 0 Å². The van der Waals surface area contributed by atoms with Crippen molar-refractivity contribution in [2.75, 3.05) is 6.61 Å². The predicted molar refractivity (Wildman–Crippen MR) is 148 cm³/mol. The largest absolute Gasteiger partial charge is 0.573 e. The van der Waals surface area contributed by atoms with E-state index in [9.17, 15) is 18.0 Å². The summed E-state index contributed by atoms with van der Waals surface area (Å²) >= 11 is 0. The number of ketones is 1. The third-order valence-electron chi connectivity index (χ3n) is 6.42. The highest BCUT2D eigenvalue weighted by atomic mass is 19.4. The van der Waals surface area contributed by atoms with Gasteiger partial charge in [-0.2, -0.15) is 0 Å². The first-order valence-corrected chi connectivity index (χ1v) is 13.1. The summed E-state index contributed by atoms with van der Waals surface area (Å²) in [5.41, 5.74) is 2.90. The lowest BCUT2D eigenvalue weighted by Gasteiger charge is -2.17. The summed E-state index contributed by atoms with van der Waals surface area (Å²) in [4.78, 5) is 17.0. The number of nitrogens with zero attached hydrogens (tertiary/aromatic N) is 1. The van der Waals surface area contributed by atoms with E-state index in [1.54, 1.807) is 18.2 Å². The summed E-state index contributed by atoms with van der Waals surface area (Å²) in [6.45, 7) is 10.4. The third-order valence-corrected chi connectivity index (χ3v) is 6.42. The van der Waals surface area contributed by atoms with Gasteiger partial charge in [-0.15, -0.1) is 13.2 Å². The molecule has 0 aliphatic rings. The summed E-state index contributed by atoms with van der Waals surface area (Å²) < 4.78 is 47.2. The topological polar surface area (TPSA) is 47.9 Å². The second kappa shape index (κ2) is 15.2. The van der Waals surface area contributed by atoms with Gasteiger partial charge in [0.05, 0.1) is 12.2 Å². The zero-order chi connectivity index (χ0) is 28.1. The normalized spacial score (nSPS) is 14.2. The average molecular weight is 530 g/mol. The number of benzene rings is 2. The van der Waals surface area contributed by atoms with Crippen LogP contribution in [0.1, 0.15) is 70.7 Å². The van der Waals surface area contributed by atoms with E-state index < -0.39 is 6.36 Å². The van der Waals surface area contributed by atoms with Crippen molar-refractivity contribution in [1.82, 2.24) is 0 Å². The van der Waals surface area contributed by atoms with Crippen LogP contribution < -0.4 is 9.47 Å². The van der Waals surface area contributed by atoms with E-state index in [0.717, 1.165) is 31.4 Å². The number of hydrogen-bond acceptors (Lipinski definition) is 4. The van der Waals surface area contributed by atoms with Crippen LogP contribution in [0.4, 0.5) is 13.2 Å². The molecule has 2 aromatic carbocycles. The zero-order valence-corrected chi connectivity index (χ0v) is 22.8. The number of carbonyl (C=O) groups is 1. The minimum Gasteiger partial charge on any atom is -0.493 e. The second-order valence-electron chi connectivity index (χ2n) is 9.23. The van der Waals surface area contributed by atoms with Crippen molar-refractivity contribution < 1.29 is 27.4 Å². The lowest BCUT2D eigenvalue weighted by molar-refractivity contribution is -0.274. The summed E-state index contributed by atoms with van der Waals surface area (Å²) in [6, 6.07) is 10.8. The van der Waals surface area contributed by atoms with E-state index in [4.69, 9.17) is 4.74 Å². The van der Waals surface area contributed by atoms with Gasteiger partial charge in [-0.25, -0.2) is 0 Å². The first-order chi connectivity index (χ1) is 18.1. The molecular formula is C31H38F3NO3. The molecule has 0 amide bonds. The molecule has 2 unspecified atom stereocenters. The van der Waals surface area contributed by atoms with Crippen molar-refractivity contribution >= 4 is 12.0 Å². The number of halogens is 3. The van der Waals surface area contributed by atoms with Gasteiger partial charge in [-0.3, -0.25) is 9.79 Å². The van der Waals surface area contributed by atoms with E-state index in [2.05, 4.69) is 36.6 Å². The summed E-state index contributed by atoms with van der Waals surface area (Å²) in [5, 5.41) is 0. The number of rotatable bonds is 14. The molecule has 0 heterocycles.